The molecule has 1 saturated carbocycles. The number of rotatable bonds is 8. The first-order chi connectivity index (χ1) is 6.79. The van der Waals surface area contributed by atoms with E-state index in [4.69, 9.17) is 5.11 Å². The van der Waals surface area contributed by atoms with Crippen molar-refractivity contribution in [2.45, 2.75) is 51.9 Å². The number of hydrogen-bond donors (Lipinski definition) is 1. The van der Waals surface area contributed by atoms with Crippen LogP contribution in [0.1, 0.15) is 51.9 Å². The van der Waals surface area contributed by atoms with E-state index < -0.39 is 0 Å². The van der Waals surface area contributed by atoms with E-state index in [1.165, 1.54) is 38.5 Å². The van der Waals surface area contributed by atoms with E-state index >= 15 is 0 Å². The van der Waals surface area contributed by atoms with Crippen LogP contribution in [0, 0.1) is 11.3 Å². The quantitative estimate of drug-likeness (QED) is 0.465. The van der Waals surface area contributed by atoms with Gasteiger partial charge in [-0.15, -0.1) is 6.58 Å². The number of aliphatic hydroxyl groups excluding tert-OH is 1. The van der Waals surface area contributed by atoms with Crippen molar-refractivity contribution in [2.24, 2.45) is 11.3 Å². The predicted octanol–water partition coefficient (Wildman–Crippen LogP) is 3.53. The highest BCUT2D eigenvalue weighted by Crippen LogP contribution is 2.58. The molecule has 0 spiro atoms. The Labute approximate surface area is 88.2 Å². The lowest BCUT2D eigenvalue weighted by Crippen LogP contribution is -2.05. The first-order valence-electron chi connectivity index (χ1n) is 6.01. The maximum absolute atomic E-state index is 9.14. The molecule has 0 aliphatic heterocycles. The van der Waals surface area contributed by atoms with Crippen LogP contribution in [0.3, 0.4) is 0 Å². The van der Waals surface area contributed by atoms with Crippen LogP contribution in [0.4, 0.5) is 0 Å². The van der Waals surface area contributed by atoms with Crippen molar-refractivity contribution in [1.82, 2.24) is 0 Å². The Balaban J connectivity index is 2.21. The molecule has 0 saturated heterocycles. The molecule has 2 atom stereocenters. The summed E-state index contributed by atoms with van der Waals surface area (Å²) < 4.78 is 0. The second-order valence-corrected chi connectivity index (χ2v) is 4.75. The number of allylic oxidation sites excluding steroid dienone is 1. The highest BCUT2D eigenvalue weighted by Gasteiger charge is 2.51. The predicted molar refractivity (Wildman–Crippen MR) is 61.2 cm³/mol. The van der Waals surface area contributed by atoms with E-state index in [0.29, 0.717) is 17.9 Å². The van der Waals surface area contributed by atoms with Crippen molar-refractivity contribution < 1.29 is 5.11 Å². The molecule has 0 heterocycles. The van der Waals surface area contributed by atoms with Crippen molar-refractivity contribution in [1.29, 1.82) is 0 Å². The first-order valence-corrected chi connectivity index (χ1v) is 6.01. The third-order valence-corrected chi connectivity index (χ3v) is 3.66. The second-order valence-electron chi connectivity index (χ2n) is 4.75. The zero-order valence-corrected chi connectivity index (χ0v) is 9.47. The molecule has 1 fully saturated rings. The largest absolute Gasteiger partial charge is 0.396 e. The lowest BCUT2D eigenvalue weighted by Gasteiger charge is -2.14. The van der Waals surface area contributed by atoms with Gasteiger partial charge in [0.25, 0.3) is 0 Å². The maximum atomic E-state index is 9.14. The zero-order chi connectivity index (χ0) is 10.4. The maximum Gasteiger partial charge on any atom is 0.0464 e. The lowest BCUT2D eigenvalue weighted by atomic mass is 9.92. The Bertz CT molecular complexity index is 176. The summed E-state index contributed by atoms with van der Waals surface area (Å²) in [7, 11) is 0. The fourth-order valence-electron chi connectivity index (χ4n) is 2.54. The Hall–Kier alpha value is -0.300. The Morgan fingerprint density at radius 2 is 2.21 bits per heavy atom. The molecule has 1 N–H and O–H groups in total. The van der Waals surface area contributed by atoms with Gasteiger partial charge in [0.05, 0.1) is 0 Å². The molecule has 1 nitrogen and oxygen atoms in total. The topological polar surface area (TPSA) is 20.2 Å². The Morgan fingerprint density at radius 1 is 1.43 bits per heavy atom. The van der Waals surface area contributed by atoms with Gasteiger partial charge >= 0.3 is 0 Å². The number of unbranched alkanes of at least 4 members (excludes halogenated alkanes) is 3. The van der Waals surface area contributed by atoms with Gasteiger partial charge in [-0.3, -0.25) is 0 Å². The van der Waals surface area contributed by atoms with Crippen LogP contribution >= 0.6 is 0 Å². The molecule has 1 aliphatic rings. The summed E-state index contributed by atoms with van der Waals surface area (Å²) in [6, 6.07) is 0. The summed E-state index contributed by atoms with van der Waals surface area (Å²) >= 11 is 0. The third-order valence-electron chi connectivity index (χ3n) is 3.66. The van der Waals surface area contributed by atoms with Crippen molar-refractivity contribution in [3.8, 4) is 0 Å². The fraction of sp³-hybridized carbons (Fsp3) is 0.846. The minimum atomic E-state index is 0.377. The van der Waals surface area contributed by atoms with Gasteiger partial charge in [0.15, 0.2) is 0 Å². The molecule has 1 aliphatic carbocycles. The third kappa shape index (κ3) is 2.84. The molecule has 0 radical (unpaired) electrons. The van der Waals surface area contributed by atoms with Gasteiger partial charge in [0.1, 0.15) is 0 Å². The molecule has 1 heteroatoms. The molecular weight excluding hydrogens is 172 g/mol. The highest BCUT2D eigenvalue weighted by molar-refractivity contribution is 5.04. The summed E-state index contributed by atoms with van der Waals surface area (Å²) in [4.78, 5) is 0. The van der Waals surface area contributed by atoms with E-state index in [9.17, 15) is 0 Å². The molecule has 0 aromatic heterocycles. The fourth-order valence-corrected chi connectivity index (χ4v) is 2.54. The van der Waals surface area contributed by atoms with Gasteiger partial charge < -0.3 is 5.11 Å². The van der Waals surface area contributed by atoms with Crippen LogP contribution < -0.4 is 0 Å². The van der Waals surface area contributed by atoms with Crippen molar-refractivity contribution in [3.63, 3.8) is 0 Å². The molecule has 0 aromatic rings. The molecule has 82 valence electrons. The molecule has 0 bridgehead atoms. The van der Waals surface area contributed by atoms with Crippen molar-refractivity contribution in [2.75, 3.05) is 6.61 Å². The van der Waals surface area contributed by atoms with Gasteiger partial charge in [-0.25, -0.2) is 0 Å². The van der Waals surface area contributed by atoms with E-state index in [-0.39, 0.29) is 0 Å². The molecule has 1 rings (SSSR count). The SMILES string of the molecule is C=CC[C@@]1(CCCCCC)C[C@@H]1CO. The van der Waals surface area contributed by atoms with Crippen LogP contribution in [0.15, 0.2) is 12.7 Å². The first kappa shape index (κ1) is 11.8. The van der Waals surface area contributed by atoms with E-state index in [0.717, 1.165) is 6.42 Å². The Kier molecular flexibility index (Phi) is 4.67. The summed E-state index contributed by atoms with van der Waals surface area (Å²) in [5.74, 6) is 0.571. The van der Waals surface area contributed by atoms with Gasteiger partial charge in [0.2, 0.25) is 0 Å². The molecule has 0 amide bonds. The van der Waals surface area contributed by atoms with Gasteiger partial charge in [-0.2, -0.15) is 0 Å². The van der Waals surface area contributed by atoms with Crippen molar-refractivity contribution in [3.05, 3.63) is 12.7 Å². The number of hydrogen-bond acceptors (Lipinski definition) is 1. The monoisotopic (exact) mass is 196 g/mol. The summed E-state index contributed by atoms with van der Waals surface area (Å²) in [5, 5.41) is 9.14. The van der Waals surface area contributed by atoms with Crippen LogP contribution in [-0.4, -0.2) is 11.7 Å². The van der Waals surface area contributed by atoms with Gasteiger partial charge in [0, 0.05) is 6.61 Å². The average molecular weight is 196 g/mol. The smallest absolute Gasteiger partial charge is 0.0464 e. The molecule has 0 unspecified atom stereocenters. The minimum absolute atomic E-state index is 0.377. The Morgan fingerprint density at radius 3 is 2.71 bits per heavy atom. The van der Waals surface area contributed by atoms with Crippen LogP contribution in [0.25, 0.3) is 0 Å². The van der Waals surface area contributed by atoms with Crippen LogP contribution in [0.5, 0.6) is 0 Å². The summed E-state index contributed by atoms with van der Waals surface area (Å²) in [6.45, 7) is 6.44. The minimum Gasteiger partial charge on any atom is -0.396 e. The van der Waals surface area contributed by atoms with Crippen LogP contribution in [0.2, 0.25) is 0 Å². The average Bonchev–Trinajstić information content (AvgIpc) is 2.88. The highest BCUT2D eigenvalue weighted by atomic mass is 16.3. The standard InChI is InChI=1S/C13H24O/c1-3-5-6-7-9-13(8-4-2)10-12(13)11-14/h4,12,14H,2-3,5-11H2,1H3/t12-,13-/m1/s1. The summed E-state index contributed by atoms with van der Waals surface area (Å²) in [6.07, 6.45) is 11.0. The molecule has 14 heavy (non-hydrogen) atoms. The van der Waals surface area contributed by atoms with E-state index in [2.05, 4.69) is 13.5 Å². The molecule has 0 aromatic carbocycles. The zero-order valence-electron chi connectivity index (χ0n) is 9.47. The normalized spacial score (nSPS) is 30.3. The number of aliphatic hydroxyl groups is 1. The second kappa shape index (κ2) is 5.55. The van der Waals surface area contributed by atoms with Crippen molar-refractivity contribution >= 4 is 0 Å². The van der Waals surface area contributed by atoms with Gasteiger partial charge in [-0.05, 0) is 30.6 Å². The van der Waals surface area contributed by atoms with E-state index in [1.807, 2.05) is 6.08 Å². The van der Waals surface area contributed by atoms with Gasteiger partial charge in [-0.1, -0.05) is 38.7 Å². The lowest BCUT2D eigenvalue weighted by molar-refractivity contribution is 0.242. The summed E-state index contributed by atoms with van der Waals surface area (Å²) in [5.41, 5.74) is 0.449. The molecular formula is C13H24O. The van der Waals surface area contributed by atoms with Crippen LogP contribution in [-0.2, 0) is 0 Å². The van der Waals surface area contributed by atoms with E-state index in [1.54, 1.807) is 0 Å².